The van der Waals surface area contributed by atoms with Crippen molar-refractivity contribution in [3.05, 3.63) is 70.8 Å². The number of aliphatic carboxylic acids is 2. The van der Waals surface area contributed by atoms with Gasteiger partial charge in [-0.25, -0.2) is 0 Å². The molecule has 4 heteroatoms. The Hall–Kier alpha value is -2.62. The molecule has 27 heavy (non-hydrogen) atoms. The summed E-state index contributed by atoms with van der Waals surface area (Å²) in [6, 6.07) is 16.5. The van der Waals surface area contributed by atoms with E-state index in [-0.39, 0.29) is 12.8 Å². The molecule has 4 nitrogen and oxygen atoms in total. The Kier molecular flexibility index (Phi) is 8.56. The van der Waals surface area contributed by atoms with Crippen LogP contribution in [-0.2, 0) is 35.3 Å². The minimum atomic E-state index is -0.756. The van der Waals surface area contributed by atoms with Crippen LogP contribution in [0.15, 0.2) is 48.5 Å². The highest BCUT2D eigenvalue weighted by atomic mass is 16.4. The van der Waals surface area contributed by atoms with Crippen molar-refractivity contribution >= 4 is 11.9 Å². The van der Waals surface area contributed by atoms with Gasteiger partial charge >= 0.3 is 11.9 Å². The highest BCUT2D eigenvalue weighted by Crippen LogP contribution is 2.13. The molecule has 2 N–H and O–H groups in total. The number of benzene rings is 2. The maximum Gasteiger partial charge on any atom is 0.303 e. The van der Waals surface area contributed by atoms with Crippen LogP contribution in [-0.4, -0.2) is 22.2 Å². The summed E-state index contributed by atoms with van der Waals surface area (Å²) in [5.41, 5.74) is 4.76. The van der Waals surface area contributed by atoms with E-state index in [9.17, 15) is 9.59 Å². The van der Waals surface area contributed by atoms with E-state index >= 15 is 0 Å². The number of aryl methyl sites for hydroxylation is 4. The van der Waals surface area contributed by atoms with E-state index in [1.807, 2.05) is 24.3 Å². The number of carboxylic acids is 2. The van der Waals surface area contributed by atoms with E-state index in [2.05, 4.69) is 24.3 Å². The van der Waals surface area contributed by atoms with Gasteiger partial charge < -0.3 is 10.2 Å². The lowest BCUT2D eigenvalue weighted by atomic mass is 10.0. The van der Waals surface area contributed by atoms with Crippen LogP contribution in [0.2, 0.25) is 0 Å². The quantitative estimate of drug-likeness (QED) is 0.534. The predicted octanol–water partition coefficient (Wildman–Crippen LogP) is 4.68. The maximum absolute atomic E-state index is 10.6. The van der Waals surface area contributed by atoms with Crippen molar-refractivity contribution in [2.45, 2.75) is 57.8 Å². The molecule has 0 heterocycles. The third kappa shape index (κ3) is 8.54. The van der Waals surface area contributed by atoms with Gasteiger partial charge in [0.25, 0.3) is 0 Å². The van der Waals surface area contributed by atoms with Gasteiger partial charge in [0.2, 0.25) is 0 Å². The molecule has 0 atom stereocenters. The van der Waals surface area contributed by atoms with Crippen molar-refractivity contribution in [1.82, 2.24) is 0 Å². The van der Waals surface area contributed by atoms with E-state index in [4.69, 9.17) is 10.2 Å². The lowest BCUT2D eigenvalue weighted by molar-refractivity contribution is -0.138. The SMILES string of the molecule is O=C(O)CCc1ccc(CCCCCc2ccc(CCC(=O)O)cc2)cc1. The average Bonchev–Trinajstić information content (AvgIpc) is 2.66. The average molecular weight is 368 g/mol. The highest BCUT2D eigenvalue weighted by Gasteiger charge is 2.01. The van der Waals surface area contributed by atoms with Crippen molar-refractivity contribution in [2.75, 3.05) is 0 Å². The van der Waals surface area contributed by atoms with Crippen molar-refractivity contribution < 1.29 is 19.8 Å². The molecule has 0 aliphatic carbocycles. The molecule has 0 radical (unpaired) electrons. The fourth-order valence-electron chi connectivity index (χ4n) is 3.08. The Labute approximate surface area is 160 Å². The molecule has 2 rings (SSSR count). The summed E-state index contributed by atoms with van der Waals surface area (Å²) in [5.74, 6) is -1.51. The van der Waals surface area contributed by atoms with Gasteiger partial charge in [0, 0.05) is 12.8 Å². The number of rotatable bonds is 12. The van der Waals surface area contributed by atoms with Crippen LogP contribution in [0.4, 0.5) is 0 Å². The van der Waals surface area contributed by atoms with Crippen LogP contribution in [0.1, 0.15) is 54.4 Å². The fourth-order valence-corrected chi connectivity index (χ4v) is 3.08. The molecule has 0 amide bonds. The van der Waals surface area contributed by atoms with E-state index in [0.717, 1.165) is 36.8 Å². The second-order valence-electron chi connectivity index (χ2n) is 6.98. The first-order valence-electron chi connectivity index (χ1n) is 9.62. The van der Waals surface area contributed by atoms with Crippen LogP contribution < -0.4 is 0 Å². The normalized spacial score (nSPS) is 10.7. The van der Waals surface area contributed by atoms with Crippen LogP contribution >= 0.6 is 0 Å². The molecule has 0 aromatic heterocycles. The molecule has 0 saturated heterocycles. The zero-order chi connectivity index (χ0) is 19.5. The highest BCUT2D eigenvalue weighted by molar-refractivity contribution is 5.67. The van der Waals surface area contributed by atoms with Gasteiger partial charge in [-0.3, -0.25) is 9.59 Å². The first-order valence-corrected chi connectivity index (χ1v) is 9.62. The molecular weight excluding hydrogens is 340 g/mol. The lowest BCUT2D eigenvalue weighted by Crippen LogP contribution is -1.97. The standard InChI is InChI=1S/C23H28O4/c24-22(25)16-14-20-10-6-18(7-11-20)4-2-1-3-5-19-8-12-21(13-9-19)15-17-23(26)27/h6-13H,1-5,14-17H2,(H,24,25)(H,26,27). The molecule has 2 aromatic carbocycles. The van der Waals surface area contributed by atoms with Crippen molar-refractivity contribution in [1.29, 1.82) is 0 Å². The molecule has 0 aliphatic heterocycles. The summed E-state index contributed by atoms with van der Waals surface area (Å²) >= 11 is 0. The first-order chi connectivity index (χ1) is 13.0. The fraction of sp³-hybridized carbons (Fsp3) is 0.391. The van der Waals surface area contributed by atoms with Gasteiger partial charge in [0.15, 0.2) is 0 Å². The summed E-state index contributed by atoms with van der Waals surface area (Å²) in [6.07, 6.45) is 7.09. The minimum Gasteiger partial charge on any atom is -0.481 e. The van der Waals surface area contributed by atoms with Crippen LogP contribution in [0.25, 0.3) is 0 Å². The molecule has 0 unspecified atom stereocenters. The predicted molar refractivity (Wildman–Crippen MR) is 106 cm³/mol. The Bertz CT molecular complexity index is 654. The van der Waals surface area contributed by atoms with Crippen LogP contribution in [0.5, 0.6) is 0 Å². The first kappa shape index (κ1) is 20.7. The van der Waals surface area contributed by atoms with Gasteiger partial charge in [0.1, 0.15) is 0 Å². The Morgan fingerprint density at radius 3 is 1.11 bits per heavy atom. The smallest absolute Gasteiger partial charge is 0.303 e. The van der Waals surface area contributed by atoms with Crippen LogP contribution in [0, 0.1) is 0 Å². The largest absolute Gasteiger partial charge is 0.481 e. The van der Waals surface area contributed by atoms with E-state index < -0.39 is 11.9 Å². The number of carbonyl (C=O) groups is 2. The van der Waals surface area contributed by atoms with Gasteiger partial charge in [-0.1, -0.05) is 55.0 Å². The third-order valence-electron chi connectivity index (χ3n) is 4.73. The second kappa shape index (κ2) is 11.2. The topological polar surface area (TPSA) is 74.6 Å². The van der Waals surface area contributed by atoms with E-state index in [1.54, 1.807) is 0 Å². The summed E-state index contributed by atoms with van der Waals surface area (Å²) in [6.45, 7) is 0. The molecule has 144 valence electrons. The molecule has 0 saturated carbocycles. The minimum absolute atomic E-state index is 0.180. The van der Waals surface area contributed by atoms with Gasteiger partial charge in [-0.15, -0.1) is 0 Å². The Morgan fingerprint density at radius 2 is 0.815 bits per heavy atom. The summed E-state index contributed by atoms with van der Waals surface area (Å²) in [4.78, 5) is 21.2. The van der Waals surface area contributed by atoms with Crippen molar-refractivity contribution in [2.24, 2.45) is 0 Å². The number of hydrogen-bond donors (Lipinski definition) is 2. The molecule has 0 fully saturated rings. The van der Waals surface area contributed by atoms with Crippen molar-refractivity contribution in [3.8, 4) is 0 Å². The van der Waals surface area contributed by atoms with Gasteiger partial charge in [0.05, 0.1) is 0 Å². The molecule has 0 bridgehead atoms. The summed E-state index contributed by atoms with van der Waals surface area (Å²) in [7, 11) is 0. The summed E-state index contributed by atoms with van der Waals surface area (Å²) < 4.78 is 0. The van der Waals surface area contributed by atoms with E-state index in [0.29, 0.717) is 12.8 Å². The molecule has 0 spiro atoms. The van der Waals surface area contributed by atoms with Gasteiger partial charge in [-0.05, 0) is 60.8 Å². The van der Waals surface area contributed by atoms with Crippen LogP contribution in [0.3, 0.4) is 0 Å². The number of carboxylic acid groups (broad SMARTS) is 2. The zero-order valence-corrected chi connectivity index (χ0v) is 15.7. The van der Waals surface area contributed by atoms with Gasteiger partial charge in [-0.2, -0.15) is 0 Å². The number of unbranched alkanes of at least 4 members (excludes halogenated alkanes) is 2. The van der Waals surface area contributed by atoms with Crippen molar-refractivity contribution in [3.63, 3.8) is 0 Å². The number of hydrogen-bond acceptors (Lipinski definition) is 2. The van der Waals surface area contributed by atoms with E-state index in [1.165, 1.54) is 17.5 Å². The molecule has 0 aliphatic rings. The Morgan fingerprint density at radius 1 is 0.519 bits per heavy atom. The third-order valence-corrected chi connectivity index (χ3v) is 4.73. The molecule has 2 aromatic rings. The monoisotopic (exact) mass is 368 g/mol. The second-order valence-corrected chi connectivity index (χ2v) is 6.98. The lowest BCUT2D eigenvalue weighted by Gasteiger charge is -2.05. The summed E-state index contributed by atoms with van der Waals surface area (Å²) in [5, 5.41) is 17.4. The zero-order valence-electron chi connectivity index (χ0n) is 15.7. The maximum atomic E-state index is 10.6. The Balaban J connectivity index is 1.62. The molecular formula is C23H28O4.